The van der Waals surface area contributed by atoms with E-state index in [1.165, 1.54) is 0 Å². The lowest BCUT2D eigenvalue weighted by Gasteiger charge is -2.21. The van der Waals surface area contributed by atoms with Gasteiger partial charge in [0.1, 0.15) is 11.4 Å². The van der Waals surface area contributed by atoms with Crippen LogP contribution in [0.2, 0.25) is 0 Å². The second-order valence-electron chi connectivity index (χ2n) is 5.43. The molecule has 0 amide bonds. The van der Waals surface area contributed by atoms with E-state index in [1.54, 1.807) is 7.11 Å². The quantitative estimate of drug-likeness (QED) is 0.900. The predicted octanol–water partition coefficient (Wildman–Crippen LogP) is 1.41. The van der Waals surface area contributed by atoms with Crippen molar-refractivity contribution in [3.8, 4) is 11.8 Å². The maximum atomic E-state index is 9.48. The Bertz CT molecular complexity index is 786. The Kier molecular flexibility index (Phi) is 4.11. The van der Waals surface area contributed by atoms with Gasteiger partial charge in [0.2, 0.25) is 0 Å². The van der Waals surface area contributed by atoms with Crippen LogP contribution in [0.4, 0.5) is 0 Å². The van der Waals surface area contributed by atoms with Crippen molar-refractivity contribution in [2.45, 2.75) is 5.92 Å². The standard InChI is InChI=1S/C19H17N3O/c1-23-15-9-7-14(8-10-15)18-11-16(13-5-3-2-4-6-13)17(12-20)19(21)22-18/h2-11,16-17H,1H3,(H2,21,22)/p+1/t16-,17-/m0/s1. The highest BCUT2D eigenvalue weighted by Crippen LogP contribution is 2.29. The van der Waals surface area contributed by atoms with Gasteiger partial charge in [0.25, 0.3) is 5.84 Å². The number of nitriles is 1. The highest BCUT2D eigenvalue weighted by molar-refractivity contribution is 5.85. The van der Waals surface area contributed by atoms with Gasteiger partial charge in [0.15, 0.2) is 5.92 Å². The van der Waals surface area contributed by atoms with E-state index in [9.17, 15) is 5.26 Å². The Hall–Kier alpha value is -3.06. The van der Waals surface area contributed by atoms with Crippen LogP contribution >= 0.6 is 0 Å². The predicted molar refractivity (Wildman–Crippen MR) is 89.4 cm³/mol. The zero-order valence-corrected chi connectivity index (χ0v) is 12.9. The van der Waals surface area contributed by atoms with Gasteiger partial charge in [0.05, 0.1) is 13.2 Å². The Morgan fingerprint density at radius 1 is 1.09 bits per heavy atom. The Labute approximate surface area is 135 Å². The summed E-state index contributed by atoms with van der Waals surface area (Å²) >= 11 is 0. The molecule has 3 rings (SSSR count). The fourth-order valence-corrected chi connectivity index (χ4v) is 2.80. The summed E-state index contributed by atoms with van der Waals surface area (Å²) in [6.45, 7) is 0. The van der Waals surface area contributed by atoms with E-state index in [0.29, 0.717) is 5.84 Å². The first-order valence-electron chi connectivity index (χ1n) is 7.43. The second kappa shape index (κ2) is 6.37. The molecule has 1 aliphatic rings. The molecule has 0 radical (unpaired) electrons. The SMILES string of the molecule is COc1ccc(C2=C[C@@H](c3ccccc3)[C@H](C#N)C(N)=[NH+]2)cc1. The summed E-state index contributed by atoms with van der Waals surface area (Å²) in [5.41, 5.74) is 9.11. The molecule has 0 saturated heterocycles. The van der Waals surface area contributed by atoms with E-state index < -0.39 is 0 Å². The molecule has 3 N–H and O–H groups in total. The van der Waals surface area contributed by atoms with Crippen LogP contribution in [0.25, 0.3) is 5.70 Å². The van der Waals surface area contributed by atoms with Crippen LogP contribution < -0.4 is 15.5 Å². The van der Waals surface area contributed by atoms with Crippen molar-refractivity contribution in [1.29, 1.82) is 5.26 Å². The number of hydrogen-bond acceptors (Lipinski definition) is 3. The van der Waals surface area contributed by atoms with Crippen LogP contribution in [0.3, 0.4) is 0 Å². The number of nitrogens with zero attached hydrogens (tertiary/aromatic N) is 1. The molecule has 2 aromatic carbocycles. The molecule has 0 bridgehead atoms. The van der Waals surface area contributed by atoms with Crippen LogP contribution in [0, 0.1) is 17.2 Å². The number of nitrogens with one attached hydrogen (secondary N) is 1. The lowest BCUT2D eigenvalue weighted by Crippen LogP contribution is -2.76. The van der Waals surface area contributed by atoms with Gasteiger partial charge in [-0.2, -0.15) is 5.26 Å². The zero-order valence-electron chi connectivity index (χ0n) is 12.9. The number of amidine groups is 1. The summed E-state index contributed by atoms with van der Waals surface area (Å²) in [5, 5.41) is 9.48. The van der Waals surface area contributed by atoms with Crippen molar-refractivity contribution < 1.29 is 9.73 Å². The highest BCUT2D eigenvalue weighted by Gasteiger charge is 2.33. The number of nitrogens with two attached hydrogens (primary N) is 1. The average Bonchev–Trinajstić information content (AvgIpc) is 2.62. The summed E-state index contributed by atoms with van der Waals surface area (Å²) in [4.78, 5) is 3.16. The summed E-state index contributed by atoms with van der Waals surface area (Å²) in [7, 11) is 1.64. The van der Waals surface area contributed by atoms with Crippen LogP contribution in [-0.4, -0.2) is 12.9 Å². The first-order chi connectivity index (χ1) is 11.2. The van der Waals surface area contributed by atoms with Gasteiger partial charge >= 0.3 is 0 Å². The molecule has 0 aromatic heterocycles. The van der Waals surface area contributed by atoms with Gasteiger partial charge in [-0.15, -0.1) is 0 Å². The molecular formula is C19H18N3O+. The lowest BCUT2D eigenvalue weighted by atomic mass is 9.83. The van der Waals surface area contributed by atoms with E-state index in [0.717, 1.165) is 22.6 Å². The molecule has 2 atom stereocenters. The third-order valence-electron chi connectivity index (χ3n) is 4.04. The minimum absolute atomic E-state index is 0.0699. The van der Waals surface area contributed by atoms with Gasteiger partial charge in [-0.3, -0.25) is 5.73 Å². The Balaban J connectivity index is 2.03. The van der Waals surface area contributed by atoms with Crippen molar-refractivity contribution in [2.24, 2.45) is 11.7 Å². The fourth-order valence-electron chi connectivity index (χ4n) is 2.80. The molecular weight excluding hydrogens is 286 g/mol. The average molecular weight is 304 g/mol. The molecule has 0 aliphatic carbocycles. The van der Waals surface area contributed by atoms with E-state index in [4.69, 9.17) is 10.5 Å². The van der Waals surface area contributed by atoms with Gasteiger partial charge in [-0.1, -0.05) is 30.3 Å². The smallest absolute Gasteiger partial charge is 0.264 e. The van der Waals surface area contributed by atoms with Crippen LogP contribution in [0.15, 0.2) is 60.7 Å². The maximum absolute atomic E-state index is 9.48. The normalized spacial score (nSPS) is 20.2. The minimum Gasteiger partial charge on any atom is -0.497 e. The van der Waals surface area contributed by atoms with Crippen molar-refractivity contribution in [2.75, 3.05) is 7.11 Å². The largest absolute Gasteiger partial charge is 0.497 e. The first kappa shape index (κ1) is 14.9. The molecule has 2 aromatic rings. The van der Waals surface area contributed by atoms with Crippen molar-refractivity contribution in [3.05, 3.63) is 71.8 Å². The maximum Gasteiger partial charge on any atom is 0.264 e. The van der Waals surface area contributed by atoms with E-state index in [1.807, 2.05) is 54.6 Å². The number of benzene rings is 2. The van der Waals surface area contributed by atoms with Crippen LogP contribution in [-0.2, 0) is 0 Å². The third-order valence-corrected chi connectivity index (χ3v) is 4.04. The molecule has 114 valence electrons. The monoisotopic (exact) mass is 304 g/mol. The summed E-state index contributed by atoms with van der Waals surface area (Å²) in [6, 6.07) is 20.0. The highest BCUT2D eigenvalue weighted by atomic mass is 16.5. The van der Waals surface area contributed by atoms with Crippen molar-refractivity contribution >= 4 is 11.5 Å². The molecule has 0 saturated carbocycles. The number of allylic oxidation sites excluding steroid dienone is 1. The third kappa shape index (κ3) is 2.95. The second-order valence-corrected chi connectivity index (χ2v) is 5.43. The summed E-state index contributed by atoms with van der Waals surface area (Å²) in [6.07, 6.45) is 2.07. The molecule has 4 heteroatoms. The number of ether oxygens (including phenoxy) is 1. The number of methoxy groups -OCH3 is 1. The van der Waals surface area contributed by atoms with Crippen molar-refractivity contribution in [1.82, 2.24) is 0 Å². The number of hydrogen-bond donors (Lipinski definition) is 2. The summed E-state index contributed by atoms with van der Waals surface area (Å²) < 4.78 is 5.19. The fraction of sp³-hybridized carbons (Fsp3) is 0.158. The van der Waals surface area contributed by atoms with Gasteiger partial charge in [0, 0.05) is 11.5 Å². The number of rotatable bonds is 3. The minimum atomic E-state index is -0.389. The van der Waals surface area contributed by atoms with E-state index >= 15 is 0 Å². The van der Waals surface area contributed by atoms with Gasteiger partial charge in [-0.05, 0) is 35.9 Å². The molecule has 0 fully saturated rings. The Morgan fingerprint density at radius 3 is 2.39 bits per heavy atom. The topological polar surface area (TPSA) is 73.0 Å². The summed E-state index contributed by atoms with van der Waals surface area (Å²) in [5.74, 6) is 0.824. The van der Waals surface area contributed by atoms with Gasteiger partial charge in [-0.25, -0.2) is 4.99 Å². The first-order valence-corrected chi connectivity index (χ1v) is 7.43. The molecule has 0 unspecified atom stereocenters. The van der Waals surface area contributed by atoms with Crippen LogP contribution in [0.5, 0.6) is 5.75 Å². The lowest BCUT2D eigenvalue weighted by molar-refractivity contribution is -0.350. The molecule has 23 heavy (non-hydrogen) atoms. The van der Waals surface area contributed by atoms with Crippen molar-refractivity contribution in [3.63, 3.8) is 0 Å². The zero-order chi connectivity index (χ0) is 16.2. The molecule has 0 spiro atoms. The van der Waals surface area contributed by atoms with E-state index in [-0.39, 0.29) is 11.8 Å². The van der Waals surface area contributed by atoms with Crippen LogP contribution in [0.1, 0.15) is 17.0 Å². The van der Waals surface area contributed by atoms with E-state index in [2.05, 4.69) is 17.1 Å². The Morgan fingerprint density at radius 2 is 1.78 bits per heavy atom. The van der Waals surface area contributed by atoms with Gasteiger partial charge < -0.3 is 4.74 Å². The molecule has 1 aliphatic heterocycles. The molecule has 1 heterocycles. The molecule has 4 nitrogen and oxygen atoms in total.